The SMILES string of the molecule is O=C(NC1CCCC1)c1cc(S(=O)(=O)N2CCSCC2)ccc1Cl. The van der Waals surface area contributed by atoms with Gasteiger partial charge in [-0.2, -0.15) is 16.1 Å². The van der Waals surface area contributed by atoms with Gasteiger partial charge in [-0.25, -0.2) is 8.42 Å². The number of hydrogen-bond acceptors (Lipinski definition) is 4. The number of carbonyl (C=O) groups is 1. The van der Waals surface area contributed by atoms with E-state index in [9.17, 15) is 13.2 Å². The number of hydrogen-bond donors (Lipinski definition) is 1. The van der Waals surface area contributed by atoms with Crippen molar-refractivity contribution in [3.63, 3.8) is 0 Å². The molecule has 0 bridgehead atoms. The van der Waals surface area contributed by atoms with Crippen molar-refractivity contribution in [2.45, 2.75) is 36.6 Å². The van der Waals surface area contributed by atoms with E-state index in [2.05, 4.69) is 5.32 Å². The van der Waals surface area contributed by atoms with Crippen LogP contribution in [0.4, 0.5) is 0 Å². The number of nitrogens with zero attached hydrogens (tertiary/aromatic N) is 1. The molecule has 0 radical (unpaired) electrons. The van der Waals surface area contributed by atoms with E-state index < -0.39 is 10.0 Å². The number of thioether (sulfide) groups is 1. The number of amides is 1. The lowest BCUT2D eigenvalue weighted by Crippen LogP contribution is -2.38. The summed E-state index contributed by atoms with van der Waals surface area (Å²) in [5.74, 6) is 1.29. The van der Waals surface area contributed by atoms with Crippen LogP contribution in [-0.4, -0.2) is 49.3 Å². The van der Waals surface area contributed by atoms with Gasteiger partial charge in [0.05, 0.1) is 15.5 Å². The maximum absolute atomic E-state index is 12.8. The molecule has 1 heterocycles. The molecule has 5 nitrogen and oxygen atoms in total. The van der Waals surface area contributed by atoms with Crippen molar-refractivity contribution in [1.82, 2.24) is 9.62 Å². The fraction of sp³-hybridized carbons (Fsp3) is 0.562. The smallest absolute Gasteiger partial charge is 0.253 e. The lowest BCUT2D eigenvalue weighted by Gasteiger charge is -2.25. The summed E-state index contributed by atoms with van der Waals surface area (Å²) in [6.45, 7) is 0.998. The first-order chi connectivity index (χ1) is 11.5. The third kappa shape index (κ3) is 3.90. The Morgan fingerprint density at radius 1 is 1.21 bits per heavy atom. The Hall–Kier alpha value is -0.760. The molecule has 24 heavy (non-hydrogen) atoms. The van der Waals surface area contributed by atoms with Crippen molar-refractivity contribution in [2.24, 2.45) is 0 Å². The van der Waals surface area contributed by atoms with Gasteiger partial charge in [0.15, 0.2) is 0 Å². The van der Waals surface area contributed by atoms with E-state index in [1.54, 1.807) is 11.8 Å². The van der Waals surface area contributed by atoms with Gasteiger partial charge in [0.2, 0.25) is 10.0 Å². The van der Waals surface area contributed by atoms with Gasteiger partial charge >= 0.3 is 0 Å². The van der Waals surface area contributed by atoms with Gasteiger partial charge in [0.25, 0.3) is 5.91 Å². The highest BCUT2D eigenvalue weighted by atomic mass is 35.5. The molecule has 0 spiro atoms. The minimum Gasteiger partial charge on any atom is -0.349 e. The summed E-state index contributed by atoms with van der Waals surface area (Å²) in [5.41, 5.74) is 0.232. The van der Waals surface area contributed by atoms with E-state index >= 15 is 0 Å². The quantitative estimate of drug-likeness (QED) is 0.861. The van der Waals surface area contributed by atoms with Crippen LogP contribution in [0.5, 0.6) is 0 Å². The van der Waals surface area contributed by atoms with Crippen LogP contribution in [-0.2, 0) is 10.0 Å². The van der Waals surface area contributed by atoms with Gasteiger partial charge < -0.3 is 5.32 Å². The molecule has 1 aliphatic carbocycles. The lowest BCUT2D eigenvalue weighted by atomic mass is 10.2. The summed E-state index contributed by atoms with van der Waals surface area (Å²) in [5, 5.41) is 3.24. The largest absolute Gasteiger partial charge is 0.349 e. The molecule has 2 fully saturated rings. The Morgan fingerprint density at radius 2 is 1.88 bits per heavy atom. The third-order valence-electron chi connectivity index (χ3n) is 4.48. The van der Waals surface area contributed by atoms with E-state index in [0.29, 0.717) is 13.1 Å². The molecule has 1 saturated heterocycles. The molecule has 0 atom stereocenters. The second-order valence-electron chi connectivity index (χ2n) is 6.11. The fourth-order valence-electron chi connectivity index (χ4n) is 3.11. The lowest BCUT2D eigenvalue weighted by molar-refractivity contribution is 0.0938. The Balaban J connectivity index is 1.83. The number of rotatable bonds is 4. The van der Waals surface area contributed by atoms with Crippen molar-refractivity contribution in [1.29, 1.82) is 0 Å². The summed E-state index contributed by atoms with van der Waals surface area (Å²) in [7, 11) is -3.58. The van der Waals surface area contributed by atoms with Gasteiger partial charge in [-0.05, 0) is 31.0 Å². The topological polar surface area (TPSA) is 66.5 Å². The average Bonchev–Trinajstić information content (AvgIpc) is 3.08. The molecule has 1 aromatic rings. The Bertz CT molecular complexity index is 712. The maximum atomic E-state index is 12.8. The van der Waals surface area contributed by atoms with E-state index in [1.165, 1.54) is 22.5 Å². The highest BCUT2D eigenvalue weighted by Gasteiger charge is 2.28. The standard InChI is InChI=1S/C16H21ClN2O3S2/c17-15-6-5-13(24(21,22)19-7-9-23-10-8-19)11-14(15)16(20)18-12-3-1-2-4-12/h5-6,11-12H,1-4,7-10H2,(H,18,20). The van der Waals surface area contributed by atoms with Crippen LogP contribution in [0, 0.1) is 0 Å². The number of sulfonamides is 1. The average molecular weight is 389 g/mol. The van der Waals surface area contributed by atoms with Gasteiger partial charge in [0, 0.05) is 30.6 Å². The molecule has 1 amide bonds. The Morgan fingerprint density at radius 3 is 2.54 bits per heavy atom. The molecular formula is C16H21ClN2O3S2. The Kier molecular flexibility index (Phi) is 5.74. The highest BCUT2D eigenvalue weighted by Crippen LogP contribution is 2.26. The summed E-state index contributed by atoms with van der Waals surface area (Å²) >= 11 is 7.89. The van der Waals surface area contributed by atoms with Crippen molar-refractivity contribution >= 4 is 39.3 Å². The van der Waals surface area contributed by atoms with Crippen LogP contribution >= 0.6 is 23.4 Å². The minimum atomic E-state index is -3.58. The molecule has 1 N–H and O–H groups in total. The normalized spacial score (nSPS) is 20.2. The van der Waals surface area contributed by atoms with Gasteiger partial charge in [0.1, 0.15) is 0 Å². The second-order valence-corrected chi connectivity index (χ2v) is 9.68. The number of nitrogens with one attached hydrogen (secondary N) is 1. The van der Waals surface area contributed by atoms with E-state index in [-0.39, 0.29) is 27.4 Å². The number of benzene rings is 1. The molecule has 1 aliphatic heterocycles. The van der Waals surface area contributed by atoms with Crippen LogP contribution in [0.3, 0.4) is 0 Å². The molecular weight excluding hydrogens is 368 g/mol. The first kappa shape index (κ1) is 18.0. The maximum Gasteiger partial charge on any atom is 0.253 e. The predicted octanol–water partition coefficient (Wildman–Crippen LogP) is 2.75. The van der Waals surface area contributed by atoms with Crippen molar-refractivity contribution < 1.29 is 13.2 Å². The van der Waals surface area contributed by atoms with Gasteiger partial charge in [-0.15, -0.1) is 0 Å². The Labute approximate surface area is 152 Å². The van der Waals surface area contributed by atoms with Crippen LogP contribution in [0.15, 0.2) is 23.1 Å². The van der Waals surface area contributed by atoms with E-state index in [0.717, 1.165) is 37.2 Å². The molecule has 3 rings (SSSR count). The third-order valence-corrected chi connectivity index (χ3v) is 7.65. The minimum absolute atomic E-state index is 0.135. The fourth-order valence-corrected chi connectivity index (χ4v) is 5.91. The molecule has 8 heteroatoms. The zero-order valence-electron chi connectivity index (χ0n) is 13.3. The van der Waals surface area contributed by atoms with E-state index in [1.807, 2.05) is 0 Å². The molecule has 132 valence electrons. The molecule has 2 aliphatic rings. The van der Waals surface area contributed by atoms with Crippen molar-refractivity contribution in [3.8, 4) is 0 Å². The first-order valence-corrected chi connectivity index (χ1v) is 11.1. The van der Waals surface area contributed by atoms with Crippen LogP contribution in [0.25, 0.3) is 0 Å². The van der Waals surface area contributed by atoms with Crippen LogP contribution in [0.2, 0.25) is 5.02 Å². The molecule has 1 saturated carbocycles. The first-order valence-electron chi connectivity index (χ1n) is 8.17. The van der Waals surface area contributed by atoms with Crippen LogP contribution in [0.1, 0.15) is 36.0 Å². The zero-order valence-corrected chi connectivity index (χ0v) is 15.7. The molecule has 0 unspecified atom stereocenters. The van der Waals surface area contributed by atoms with E-state index in [4.69, 9.17) is 11.6 Å². The summed E-state index contributed by atoms with van der Waals surface area (Å²) in [4.78, 5) is 12.6. The summed E-state index contributed by atoms with van der Waals surface area (Å²) in [6.07, 6.45) is 4.15. The molecule has 0 aromatic heterocycles. The molecule has 1 aromatic carbocycles. The summed E-state index contributed by atoms with van der Waals surface area (Å²) in [6, 6.07) is 4.54. The number of halogens is 1. The van der Waals surface area contributed by atoms with Crippen molar-refractivity contribution in [3.05, 3.63) is 28.8 Å². The van der Waals surface area contributed by atoms with Crippen LogP contribution < -0.4 is 5.32 Å². The monoisotopic (exact) mass is 388 g/mol. The van der Waals surface area contributed by atoms with Gasteiger partial charge in [-0.1, -0.05) is 24.4 Å². The van der Waals surface area contributed by atoms with Crippen molar-refractivity contribution in [2.75, 3.05) is 24.6 Å². The zero-order chi connectivity index (χ0) is 17.2. The van der Waals surface area contributed by atoms with Gasteiger partial charge in [-0.3, -0.25) is 4.79 Å². The predicted molar refractivity (Wildman–Crippen MR) is 97.3 cm³/mol. The summed E-state index contributed by atoms with van der Waals surface area (Å²) < 4.78 is 27.0. The highest BCUT2D eigenvalue weighted by molar-refractivity contribution is 7.99. The second kappa shape index (κ2) is 7.64. The number of carbonyl (C=O) groups excluding carboxylic acids is 1.